The van der Waals surface area contributed by atoms with Crippen LogP contribution >= 0.6 is 0 Å². The highest BCUT2D eigenvalue weighted by atomic mass is 16.5. The van der Waals surface area contributed by atoms with Crippen LogP contribution in [0, 0.1) is 12.8 Å². The van der Waals surface area contributed by atoms with Gasteiger partial charge in [0.1, 0.15) is 6.61 Å². The number of hydrogen-bond donors (Lipinski definition) is 0. The molecule has 0 radical (unpaired) electrons. The van der Waals surface area contributed by atoms with Crippen LogP contribution in [-0.2, 0) is 16.1 Å². The Hall–Kier alpha value is -1.64. The predicted octanol–water partition coefficient (Wildman–Crippen LogP) is 8.56. The second-order valence-corrected chi connectivity index (χ2v) is 6.18. The first kappa shape index (κ1) is 34.8. The van der Waals surface area contributed by atoms with Crippen LogP contribution < -0.4 is 0 Å². The summed E-state index contributed by atoms with van der Waals surface area (Å²) in [5.74, 6) is 0.607. The summed E-state index contributed by atoms with van der Waals surface area (Å²) in [5.41, 5.74) is 2.39. The van der Waals surface area contributed by atoms with Crippen LogP contribution in [0.2, 0.25) is 0 Å². The third kappa shape index (κ3) is 22.5. The number of rotatable bonds is 7. The van der Waals surface area contributed by atoms with E-state index in [4.69, 9.17) is 4.74 Å². The molecule has 0 fully saturated rings. The monoisotopic (exact) mass is 410 g/mol. The maximum Gasteiger partial charge on any atom is 0.302 e. The lowest BCUT2D eigenvalue weighted by Crippen LogP contribution is -2.05. The number of ether oxygens (including phenoxy) is 1. The summed E-state index contributed by atoms with van der Waals surface area (Å²) in [7, 11) is 0. The lowest BCUT2D eigenvalue weighted by molar-refractivity contribution is -0.142. The average molecular weight is 411 g/mol. The van der Waals surface area contributed by atoms with Crippen LogP contribution in [0.4, 0.5) is 0 Å². The van der Waals surface area contributed by atoms with Crippen molar-refractivity contribution in [2.24, 2.45) is 5.92 Å². The SMILES string of the molecule is CC.CC.CC.CC(=O)OCc1ccc(C)cc1C(C)=O.CCCC(C)CCC. The summed E-state index contributed by atoms with van der Waals surface area (Å²) in [6, 6.07) is 5.52. The van der Waals surface area contributed by atoms with Gasteiger partial charge in [0.2, 0.25) is 0 Å². The Bertz CT molecular complexity index is 487. The lowest BCUT2D eigenvalue weighted by Gasteiger charge is -2.07. The van der Waals surface area contributed by atoms with Crippen molar-refractivity contribution in [3.63, 3.8) is 0 Å². The molecule has 0 saturated carbocycles. The Labute approximate surface area is 182 Å². The first-order valence-electron chi connectivity index (χ1n) is 11.6. The van der Waals surface area contributed by atoms with Gasteiger partial charge in [-0.05, 0) is 25.8 Å². The molecule has 0 aliphatic heterocycles. The Balaban J connectivity index is -0.000000189. The van der Waals surface area contributed by atoms with Crippen LogP contribution in [0.25, 0.3) is 0 Å². The van der Waals surface area contributed by atoms with Gasteiger partial charge < -0.3 is 4.74 Å². The van der Waals surface area contributed by atoms with E-state index in [2.05, 4.69) is 20.8 Å². The Morgan fingerprint density at radius 3 is 1.69 bits per heavy atom. The third-order valence-corrected chi connectivity index (χ3v) is 3.64. The first-order valence-corrected chi connectivity index (χ1v) is 11.6. The number of esters is 1. The molecule has 1 aromatic carbocycles. The molecule has 0 aliphatic carbocycles. The highest BCUT2D eigenvalue weighted by Crippen LogP contribution is 2.14. The highest BCUT2D eigenvalue weighted by Gasteiger charge is 2.08. The maximum atomic E-state index is 11.3. The van der Waals surface area contributed by atoms with E-state index in [0.29, 0.717) is 5.56 Å². The number of ketones is 1. The van der Waals surface area contributed by atoms with Gasteiger partial charge in [-0.2, -0.15) is 0 Å². The summed E-state index contributed by atoms with van der Waals surface area (Å²) in [6.07, 6.45) is 5.52. The molecule has 0 saturated heterocycles. The fourth-order valence-corrected chi connectivity index (χ4v) is 2.45. The number of hydrogen-bond acceptors (Lipinski definition) is 3. The maximum absolute atomic E-state index is 11.3. The van der Waals surface area contributed by atoms with Crippen molar-refractivity contribution in [3.8, 4) is 0 Å². The Kier molecular flexibility index (Phi) is 31.7. The summed E-state index contributed by atoms with van der Waals surface area (Å²) >= 11 is 0. The average Bonchev–Trinajstić information content (AvgIpc) is 2.72. The molecule has 0 spiro atoms. The van der Waals surface area contributed by atoms with E-state index in [0.717, 1.165) is 17.0 Å². The fraction of sp³-hybridized carbons (Fsp3) is 0.692. The lowest BCUT2D eigenvalue weighted by atomic mass is 10.0. The Morgan fingerprint density at radius 1 is 0.897 bits per heavy atom. The van der Waals surface area contributed by atoms with Gasteiger partial charge in [-0.15, -0.1) is 0 Å². The predicted molar refractivity (Wildman–Crippen MR) is 130 cm³/mol. The van der Waals surface area contributed by atoms with E-state index < -0.39 is 0 Å². The van der Waals surface area contributed by atoms with Crippen LogP contribution in [0.1, 0.15) is 123 Å². The molecule has 0 amide bonds. The van der Waals surface area contributed by atoms with E-state index >= 15 is 0 Å². The van der Waals surface area contributed by atoms with Crippen LogP contribution in [0.5, 0.6) is 0 Å². The van der Waals surface area contributed by atoms with Gasteiger partial charge in [-0.1, -0.05) is 106 Å². The zero-order chi connectivity index (χ0) is 23.8. The van der Waals surface area contributed by atoms with Gasteiger partial charge in [0.15, 0.2) is 5.78 Å². The summed E-state index contributed by atoms with van der Waals surface area (Å²) < 4.78 is 4.87. The zero-order valence-electron chi connectivity index (χ0n) is 21.6. The second kappa shape index (κ2) is 26.4. The summed E-state index contributed by atoms with van der Waals surface area (Å²) in [5, 5.41) is 0. The highest BCUT2D eigenvalue weighted by molar-refractivity contribution is 5.95. The van der Waals surface area contributed by atoms with Crippen molar-refractivity contribution in [2.45, 2.75) is 115 Å². The number of carbonyl (C=O) groups excluding carboxylic acids is 2. The Morgan fingerprint density at radius 2 is 1.34 bits per heavy atom. The molecule has 3 nitrogen and oxygen atoms in total. The molecule has 0 N–H and O–H groups in total. The van der Waals surface area contributed by atoms with Crippen LogP contribution in [0.15, 0.2) is 18.2 Å². The van der Waals surface area contributed by atoms with E-state index in [1.165, 1.54) is 39.5 Å². The molecule has 0 heterocycles. The largest absolute Gasteiger partial charge is 0.461 e. The van der Waals surface area contributed by atoms with E-state index in [-0.39, 0.29) is 18.4 Å². The minimum atomic E-state index is -0.343. The van der Waals surface area contributed by atoms with Gasteiger partial charge >= 0.3 is 5.97 Å². The standard InChI is InChI=1S/C12H14O3.C8H18.3C2H6/c1-8-4-5-11(7-15-10(3)14)12(6-8)9(2)13;1-4-6-8(3)7-5-2;3*1-2/h4-6H,7H2,1-3H3;8H,4-7H2,1-3H3;3*1-2H3. The minimum Gasteiger partial charge on any atom is -0.461 e. The molecule has 0 atom stereocenters. The second-order valence-electron chi connectivity index (χ2n) is 6.18. The molecular weight excluding hydrogens is 360 g/mol. The molecule has 172 valence electrons. The molecule has 3 heteroatoms. The zero-order valence-corrected chi connectivity index (χ0v) is 21.6. The summed E-state index contributed by atoms with van der Waals surface area (Å²) in [6.45, 7) is 23.8. The molecule has 0 bridgehead atoms. The van der Waals surface area contributed by atoms with Gasteiger partial charge in [0.05, 0.1) is 0 Å². The van der Waals surface area contributed by atoms with Crippen molar-refractivity contribution in [1.29, 1.82) is 0 Å². The fourth-order valence-electron chi connectivity index (χ4n) is 2.45. The van der Waals surface area contributed by atoms with Gasteiger partial charge in [-0.3, -0.25) is 9.59 Å². The quantitative estimate of drug-likeness (QED) is 0.334. The molecule has 0 aromatic heterocycles. The van der Waals surface area contributed by atoms with Crippen molar-refractivity contribution >= 4 is 11.8 Å². The smallest absolute Gasteiger partial charge is 0.302 e. The van der Waals surface area contributed by atoms with Crippen molar-refractivity contribution in [3.05, 3.63) is 34.9 Å². The molecule has 0 aliphatic rings. The molecule has 0 unspecified atom stereocenters. The number of Topliss-reactive ketones (excluding diaryl/α,β-unsaturated/α-hetero) is 1. The molecule has 1 rings (SSSR count). The van der Waals surface area contributed by atoms with Gasteiger partial charge in [-0.25, -0.2) is 0 Å². The number of carbonyl (C=O) groups is 2. The third-order valence-electron chi connectivity index (χ3n) is 3.64. The van der Waals surface area contributed by atoms with Crippen molar-refractivity contribution in [2.75, 3.05) is 0 Å². The van der Waals surface area contributed by atoms with Crippen molar-refractivity contribution in [1.82, 2.24) is 0 Å². The minimum absolute atomic E-state index is 0.0131. The topological polar surface area (TPSA) is 43.4 Å². The van der Waals surface area contributed by atoms with Crippen LogP contribution in [0.3, 0.4) is 0 Å². The molecule has 29 heavy (non-hydrogen) atoms. The van der Waals surface area contributed by atoms with Gasteiger partial charge in [0, 0.05) is 18.1 Å². The van der Waals surface area contributed by atoms with Gasteiger partial charge in [0.25, 0.3) is 0 Å². The van der Waals surface area contributed by atoms with E-state index in [9.17, 15) is 9.59 Å². The first-order chi connectivity index (χ1) is 13.8. The normalized spacial score (nSPS) is 8.59. The number of benzene rings is 1. The molecular formula is C26H50O3. The summed E-state index contributed by atoms with van der Waals surface area (Å²) in [4.78, 5) is 22.0. The van der Waals surface area contributed by atoms with E-state index in [1.807, 2.05) is 60.6 Å². The van der Waals surface area contributed by atoms with Crippen molar-refractivity contribution < 1.29 is 14.3 Å². The number of aryl methyl sites for hydroxylation is 1. The molecule has 1 aromatic rings. The van der Waals surface area contributed by atoms with Crippen LogP contribution in [-0.4, -0.2) is 11.8 Å². The van der Waals surface area contributed by atoms with E-state index in [1.54, 1.807) is 6.07 Å².